The predicted octanol–water partition coefficient (Wildman–Crippen LogP) is 1.20. The topological polar surface area (TPSA) is 87.3 Å². The number of amides is 3. The summed E-state index contributed by atoms with van der Waals surface area (Å²) in [5, 5.41) is 8.17. The van der Waals surface area contributed by atoms with Gasteiger partial charge in [-0.05, 0) is 31.6 Å². The van der Waals surface area contributed by atoms with Crippen LogP contribution in [0.15, 0.2) is 0 Å². The summed E-state index contributed by atoms with van der Waals surface area (Å²) in [6.45, 7) is 11.7. The number of carbonyl (C=O) groups excluding carboxylic acids is 3. The molecule has 22 heavy (non-hydrogen) atoms. The molecular formula is C16H31N3O3. The quantitative estimate of drug-likeness (QED) is 0.598. The van der Waals surface area contributed by atoms with Gasteiger partial charge < -0.3 is 16.0 Å². The Bertz CT molecular complexity index is 381. The van der Waals surface area contributed by atoms with Crippen molar-refractivity contribution in [2.75, 3.05) is 6.54 Å². The Balaban J connectivity index is 4.92. The van der Waals surface area contributed by atoms with Crippen LogP contribution in [0.4, 0.5) is 0 Å². The molecule has 6 heteroatoms. The van der Waals surface area contributed by atoms with Gasteiger partial charge >= 0.3 is 0 Å². The maximum absolute atomic E-state index is 12.4. The third-order valence-corrected chi connectivity index (χ3v) is 3.09. The lowest BCUT2D eigenvalue weighted by Crippen LogP contribution is -2.54. The number of hydrogen-bond acceptors (Lipinski definition) is 3. The van der Waals surface area contributed by atoms with Crippen molar-refractivity contribution < 1.29 is 14.4 Å². The van der Waals surface area contributed by atoms with E-state index in [1.165, 1.54) is 6.92 Å². The highest BCUT2D eigenvalue weighted by Crippen LogP contribution is 2.08. The van der Waals surface area contributed by atoms with Crippen molar-refractivity contribution >= 4 is 17.7 Å². The van der Waals surface area contributed by atoms with Crippen LogP contribution in [0, 0.1) is 11.8 Å². The minimum absolute atomic E-state index is 0.185. The largest absolute Gasteiger partial charge is 0.355 e. The molecule has 2 atom stereocenters. The normalized spacial score (nSPS) is 13.6. The maximum Gasteiger partial charge on any atom is 0.243 e. The van der Waals surface area contributed by atoms with Crippen LogP contribution >= 0.6 is 0 Å². The minimum atomic E-state index is -0.610. The summed E-state index contributed by atoms with van der Waals surface area (Å²) in [4.78, 5) is 35.7. The fourth-order valence-corrected chi connectivity index (χ4v) is 2.22. The molecule has 0 saturated carbocycles. The van der Waals surface area contributed by atoms with Crippen LogP contribution in [0.25, 0.3) is 0 Å². The molecule has 0 radical (unpaired) electrons. The third kappa shape index (κ3) is 8.64. The molecule has 3 N–H and O–H groups in total. The van der Waals surface area contributed by atoms with E-state index in [9.17, 15) is 14.4 Å². The summed E-state index contributed by atoms with van der Waals surface area (Å²) >= 11 is 0. The zero-order valence-corrected chi connectivity index (χ0v) is 14.7. The summed E-state index contributed by atoms with van der Waals surface area (Å²) in [5.74, 6) is -0.205. The predicted molar refractivity (Wildman–Crippen MR) is 87.1 cm³/mol. The highest BCUT2D eigenvalue weighted by Gasteiger charge is 2.26. The molecule has 0 bridgehead atoms. The van der Waals surface area contributed by atoms with Gasteiger partial charge in [0.25, 0.3) is 0 Å². The molecule has 3 amide bonds. The molecule has 0 aromatic heterocycles. The van der Waals surface area contributed by atoms with Crippen molar-refractivity contribution in [1.82, 2.24) is 16.0 Å². The van der Waals surface area contributed by atoms with E-state index in [2.05, 4.69) is 16.0 Å². The van der Waals surface area contributed by atoms with Crippen molar-refractivity contribution in [2.45, 2.75) is 66.5 Å². The molecule has 0 saturated heterocycles. The van der Waals surface area contributed by atoms with Crippen LogP contribution < -0.4 is 16.0 Å². The fraction of sp³-hybridized carbons (Fsp3) is 0.812. The van der Waals surface area contributed by atoms with Gasteiger partial charge in [0.15, 0.2) is 0 Å². The van der Waals surface area contributed by atoms with Gasteiger partial charge in [-0.3, -0.25) is 14.4 Å². The molecule has 0 aliphatic rings. The first-order valence-corrected chi connectivity index (χ1v) is 8.02. The fourth-order valence-electron chi connectivity index (χ4n) is 2.22. The van der Waals surface area contributed by atoms with Gasteiger partial charge in [0.2, 0.25) is 17.7 Å². The smallest absolute Gasteiger partial charge is 0.243 e. The molecule has 0 aliphatic carbocycles. The molecule has 128 valence electrons. The highest BCUT2D eigenvalue weighted by atomic mass is 16.2. The standard InChI is InChI=1S/C16H31N3O3/c1-7-17-15(21)13(8-10(2)3)19-16(22)14(9-11(4)5)18-12(6)20/h10-11,13-14H,7-9H2,1-6H3,(H,17,21)(H,18,20)(H,19,22)/t13?,14-/m0/s1. The van der Waals surface area contributed by atoms with Crippen molar-refractivity contribution in [1.29, 1.82) is 0 Å². The second kappa shape index (κ2) is 10.2. The van der Waals surface area contributed by atoms with Gasteiger partial charge in [-0.2, -0.15) is 0 Å². The van der Waals surface area contributed by atoms with E-state index in [0.29, 0.717) is 19.4 Å². The lowest BCUT2D eigenvalue weighted by molar-refractivity contribution is -0.132. The number of carbonyl (C=O) groups is 3. The van der Waals surface area contributed by atoms with Crippen molar-refractivity contribution in [3.8, 4) is 0 Å². The van der Waals surface area contributed by atoms with E-state index in [4.69, 9.17) is 0 Å². The van der Waals surface area contributed by atoms with Crippen molar-refractivity contribution in [3.05, 3.63) is 0 Å². The van der Waals surface area contributed by atoms with Crippen LogP contribution in [-0.2, 0) is 14.4 Å². The SMILES string of the molecule is CCNC(=O)C(CC(C)C)NC(=O)[C@H](CC(C)C)NC(C)=O. The number of likely N-dealkylation sites (N-methyl/N-ethyl adjacent to an activating group) is 1. The summed E-state index contributed by atoms with van der Waals surface area (Å²) in [7, 11) is 0. The van der Waals surface area contributed by atoms with Gasteiger partial charge in [-0.15, -0.1) is 0 Å². The number of hydrogen-bond donors (Lipinski definition) is 3. The van der Waals surface area contributed by atoms with Crippen molar-refractivity contribution in [2.24, 2.45) is 11.8 Å². The lowest BCUT2D eigenvalue weighted by atomic mass is 10.00. The number of nitrogens with one attached hydrogen (secondary N) is 3. The van der Waals surface area contributed by atoms with E-state index >= 15 is 0 Å². The summed E-state index contributed by atoms with van der Waals surface area (Å²) in [6.07, 6.45) is 1.10. The molecule has 1 unspecified atom stereocenters. The molecule has 0 fully saturated rings. The molecule has 0 rings (SSSR count). The van der Waals surface area contributed by atoms with E-state index in [-0.39, 0.29) is 29.6 Å². The first-order chi connectivity index (χ1) is 10.2. The Morgan fingerprint density at radius 3 is 1.64 bits per heavy atom. The Kier molecular flexibility index (Phi) is 9.45. The van der Waals surface area contributed by atoms with E-state index in [0.717, 1.165) is 0 Å². The maximum atomic E-state index is 12.4. The Labute approximate surface area is 133 Å². The van der Waals surface area contributed by atoms with Crippen molar-refractivity contribution in [3.63, 3.8) is 0 Å². The third-order valence-electron chi connectivity index (χ3n) is 3.09. The summed E-state index contributed by atoms with van der Waals surface area (Å²) in [6, 6.07) is -1.18. The van der Waals surface area contributed by atoms with Gasteiger partial charge in [0.05, 0.1) is 0 Å². The molecule has 0 aromatic rings. The van der Waals surface area contributed by atoms with E-state index < -0.39 is 12.1 Å². The Morgan fingerprint density at radius 2 is 1.27 bits per heavy atom. The average Bonchev–Trinajstić information content (AvgIpc) is 2.35. The molecule has 0 aliphatic heterocycles. The first kappa shape index (κ1) is 20.4. The molecule has 0 aromatic carbocycles. The van der Waals surface area contributed by atoms with Crippen LogP contribution in [0.2, 0.25) is 0 Å². The van der Waals surface area contributed by atoms with Crippen LogP contribution in [-0.4, -0.2) is 36.3 Å². The Morgan fingerprint density at radius 1 is 0.818 bits per heavy atom. The molecule has 0 spiro atoms. The average molecular weight is 313 g/mol. The molecule has 6 nitrogen and oxygen atoms in total. The zero-order chi connectivity index (χ0) is 17.3. The van der Waals surface area contributed by atoms with Crippen LogP contribution in [0.3, 0.4) is 0 Å². The second-order valence-electron chi connectivity index (χ2n) is 6.47. The summed E-state index contributed by atoms with van der Waals surface area (Å²) < 4.78 is 0. The summed E-state index contributed by atoms with van der Waals surface area (Å²) in [5.41, 5.74) is 0. The van der Waals surface area contributed by atoms with Gasteiger partial charge in [0.1, 0.15) is 12.1 Å². The van der Waals surface area contributed by atoms with Gasteiger partial charge in [0, 0.05) is 13.5 Å². The van der Waals surface area contributed by atoms with Crippen LogP contribution in [0.5, 0.6) is 0 Å². The Hall–Kier alpha value is -1.59. The lowest BCUT2D eigenvalue weighted by Gasteiger charge is -2.24. The van der Waals surface area contributed by atoms with Crippen LogP contribution in [0.1, 0.15) is 54.4 Å². The van der Waals surface area contributed by atoms with E-state index in [1.54, 1.807) is 0 Å². The monoisotopic (exact) mass is 313 g/mol. The van der Waals surface area contributed by atoms with E-state index in [1.807, 2.05) is 34.6 Å². The highest BCUT2D eigenvalue weighted by molar-refractivity contribution is 5.91. The minimum Gasteiger partial charge on any atom is -0.355 e. The number of rotatable bonds is 9. The second-order valence-corrected chi connectivity index (χ2v) is 6.47. The first-order valence-electron chi connectivity index (χ1n) is 8.02. The zero-order valence-electron chi connectivity index (χ0n) is 14.7. The van der Waals surface area contributed by atoms with Gasteiger partial charge in [-0.25, -0.2) is 0 Å². The molecular weight excluding hydrogens is 282 g/mol. The van der Waals surface area contributed by atoms with Gasteiger partial charge in [-0.1, -0.05) is 27.7 Å². The molecule has 0 heterocycles.